The van der Waals surface area contributed by atoms with Crippen LogP contribution in [0.4, 0.5) is 0 Å². The van der Waals surface area contributed by atoms with Crippen molar-refractivity contribution in [1.29, 1.82) is 0 Å². The molecule has 0 unspecified atom stereocenters. The molecule has 0 aliphatic carbocycles. The van der Waals surface area contributed by atoms with E-state index in [1.807, 2.05) is 39.0 Å². The number of hydrogen-bond acceptors (Lipinski definition) is 11. The van der Waals surface area contributed by atoms with Crippen molar-refractivity contribution in [2.24, 2.45) is 17.3 Å². The fourth-order valence-corrected chi connectivity index (χ4v) is 10.7. The summed E-state index contributed by atoms with van der Waals surface area (Å²) in [4.78, 5) is 80.1. The summed E-state index contributed by atoms with van der Waals surface area (Å²) >= 11 is 0. The van der Waals surface area contributed by atoms with E-state index in [0.29, 0.717) is 65.1 Å². The summed E-state index contributed by atoms with van der Waals surface area (Å²) in [5, 5.41) is 5.45. The van der Waals surface area contributed by atoms with Crippen LogP contribution in [-0.2, 0) is 57.6 Å². The molecule has 16 nitrogen and oxygen atoms in total. The van der Waals surface area contributed by atoms with Crippen molar-refractivity contribution in [3.63, 3.8) is 0 Å². The molecule has 16 heteroatoms. The largest absolute Gasteiger partial charge is 0.464 e. The van der Waals surface area contributed by atoms with Crippen LogP contribution in [0.3, 0.4) is 0 Å². The number of aryl methyl sites for hydroxylation is 1. The average Bonchev–Trinajstić information content (AvgIpc) is 4.01. The van der Waals surface area contributed by atoms with Crippen LogP contribution in [0.1, 0.15) is 83.7 Å². The van der Waals surface area contributed by atoms with Gasteiger partial charge < -0.3 is 33.9 Å². The maximum atomic E-state index is 14.7. The fourth-order valence-electron chi connectivity index (χ4n) is 10.7. The summed E-state index contributed by atoms with van der Waals surface area (Å²) in [5.74, 6) is 3.10. The van der Waals surface area contributed by atoms with E-state index in [1.165, 1.54) is 16.1 Å². The number of likely N-dealkylation sites (N-methyl/N-ethyl adjacent to an activating group) is 1. The number of ether oxygens (including phenoxy) is 3. The molecule has 0 spiro atoms. The van der Waals surface area contributed by atoms with Crippen molar-refractivity contribution in [3.05, 3.63) is 89.4 Å². The van der Waals surface area contributed by atoms with E-state index in [0.717, 1.165) is 63.2 Å². The molecule has 73 heavy (non-hydrogen) atoms. The Hall–Kier alpha value is -6.38. The van der Waals surface area contributed by atoms with Gasteiger partial charge in [-0.25, -0.2) is 5.43 Å². The fraction of sp³-hybridized carbons (Fsp3) is 0.509. The van der Waals surface area contributed by atoms with Crippen LogP contribution >= 0.6 is 0 Å². The molecule has 2 aromatic heterocycles. The number of hydrazine groups is 1. The summed E-state index contributed by atoms with van der Waals surface area (Å²) in [6.07, 6.45) is 5.23. The minimum atomic E-state index is -0.882. The van der Waals surface area contributed by atoms with E-state index >= 15 is 0 Å². The highest BCUT2D eigenvalue weighted by Crippen LogP contribution is 2.42. The molecule has 4 aliphatic rings. The molecule has 6 heterocycles. The average molecular weight is 997 g/mol. The first-order valence-electron chi connectivity index (χ1n) is 25.9. The molecule has 4 aromatic rings. The van der Waals surface area contributed by atoms with Gasteiger partial charge in [-0.2, -0.15) is 0 Å². The van der Waals surface area contributed by atoms with Crippen molar-refractivity contribution >= 4 is 40.5 Å². The molecule has 4 amide bonds. The number of carbonyl (C=O) groups excluding carboxylic acids is 5. The monoisotopic (exact) mass is 997 g/mol. The first-order valence-corrected chi connectivity index (χ1v) is 25.9. The number of nitrogens with one attached hydrogen (secondary N) is 2. The number of amides is 4. The van der Waals surface area contributed by atoms with Gasteiger partial charge in [0.05, 0.1) is 49.8 Å². The van der Waals surface area contributed by atoms with Gasteiger partial charge in [-0.3, -0.25) is 38.9 Å². The topological polar surface area (TPSA) is 168 Å². The molecule has 4 atom stereocenters. The number of rotatable bonds is 10. The van der Waals surface area contributed by atoms with E-state index in [2.05, 4.69) is 89.2 Å². The van der Waals surface area contributed by atoms with Gasteiger partial charge in [-0.1, -0.05) is 63.9 Å². The highest BCUT2D eigenvalue weighted by atomic mass is 16.5. The van der Waals surface area contributed by atoms with Crippen molar-refractivity contribution in [2.75, 3.05) is 73.2 Å². The third kappa shape index (κ3) is 12.0. The molecule has 0 saturated carbocycles. The van der Waals surface area contributed by atoms with Gasteiger partial charge in [0.1, 0.15) is 12.1 Å². The van der Waals surface area contributed by atoms with Crippen molar-refractivity contribution < 1.29 is 38.2 Å². The quantitative estimate of drug-likeness (QED) is 0.110. The molecule has 3 fully saturated rings. The zero-order valence-electron chi connectivity index (χ0n) is 43.8. The molecule has 6 bridgehead atoms. The van der Waals surface area contributed by atoms with E-state index in [4.69, 9.17) is 19.2 Å². The Balaban J connectivity index is 1.09. The van der Waals surface area contributed by atoms with Gasteiger partial charge in [-0.15, -0.1) is 0 Å². The van der Waals surface area contributed by atoms with Gasteiger partial charge in [0.15, 0.2) is 0 Å². The lowest BCUT2D eigenvalue weighted by atomic mass is 9.84. The highest BCUT2D eigenvalue weighted by molar-refractivity contribution is 5.97. The molecular weight excluding hydrogens is 925 g/mol. The van der Waals surface area contributed by atoms with Crippen LogP contribution in [0.5, 0.6) is 0 Å². The predicted molar refractivity (Wildman–Crippen MR) is 279 cm³/mol. The Kier molecular flexibility index (Phi) is 16.8. The first kappa shape index (κ1) is 52.9. The van der Waals surface area contributed by atoms with Crippen LogP contribution in [0.15, 0.2) is 72.6 Å². The summed E-state index contributed by atoms with van der Waals surface area (Å²) in [6, 6.07) is 17.0. The summed E-state index contributed by atoms with van der Waals surface area (Å²) in [6.45, 7) is 17.2. The normalized spacial score (nSPS) is 21.0. The van der Waals surface area contributed by atoms with E-state index < -0.39 is 41.2 Å². The van der Waals surface area contributed by atoms with Crippen LogP contribution in [-0.4, -0.2) is 144 Å². The predicted octanol–water partition coefficient (Wildman–Crippen LogP) is 5.93. The maximum absolute atomic E-state index is 14.7. The van der Waals surface area contributed by atoms with Gasteiger partial charge in [0, 0.05) is 99.7 Å². The smallest absolute Gasteiger partial charge is 0.324 e. The third-order valence-electron chi connectivity index (χ3n) is 14.7. The molecule has 388 valence electrons. The molecule has 3 saturated heterocycles. The van der Waals surface area contributed by atoms with E-state index in [9.17, 15) is 24.0 Å². The van der Waals surface area contributed by atoms with Crippen molar-refractivity contribution in [3.8, 4) is 34.2 Å². The highest BCUT2D eigenvalue weighted by Gasteiger charge is 2.38. The number of pyridine rings is 1. The molecule has 8 rings (SSSR count). The second kappa shape index (κ2) is 23.2. The number of nitrogens with zero attached hydrogens (tertiary/aromatic N) is 6. The minimum absolute atomic E-state index is 0.138. The van der Waals surface area contributed by atoms with E-state index in [-0.39, 0.29) is 49.0 Å². The van der Waals surface area contributed by atoms with Gasteiger partial charge >= 0.3 is 5.97 Å². The number of methoxy groups -OCH3 is 1. The Labute approximate surface area is 429 Å². The Morgan fingerprint density at radius 3 is 2.55 bits per heavy atom. The van der Waals surface area contributed by atoms with Crippen LogP contribution in [0.25, 0.3) is 33.3 Å². The summed E-state index contributed by atoms with van der Waals surface area (Å²) in [7, 11) is 3.31. The van der Waals surface area contributed by atoms with E-state index in [1.54, 1.807) is 25.3 Å². The van der Waals surface area contributed by atoms with Gasteiger partial charge in [0.2, 0.25) is 11.8 Å². The van der Waals surface area contributed by atoms with Crippen molar-refractivity contribution in [1.82, 2.24) is 40.0 Å². The minimum Gasteiger partial charge on any atom is -0.464 e. The number of morpholine rings is 1. The Bertz CT molecular complexity index is 2800. The number of carbonyl (C=O) groups is 5. The molecule has 2 aromatic carbocycles. The number of hydrogen-bond donors (Lipinski definition) is 2. The summed E-state index contributed by atoms with van der Waals surface area (Å²) < 4.78 is 19.7. The molecule has 2 N–H and O–H groups in total. The zero-order chi connectivity index (χ0) is 52.0. The number of benzene rings is 2. The van der Waals surface area contributed by atoms with Crippen LogP contribution < -0.4 is 10.7 Å². The third-order valence-corrected chi connectivity index (χ3v) is 14.7. The Morgan fingerprint density at radius 2 is 1.79 bits per heavy atom. The number of fused-ring (bicyclic) bond motifs is 6. The molecule has 4 aliphatic heterocycles. The SMILES string of the molecule is CCn1c(-c2cccnc2[C@H](C)OC)c2c3cc(ccc31)-c1cccc(c1)C/C(=C\NC(=O)[C@H](C(C)C)N(C)C(=O)[C@H]1CCN(C(=O)C#CCN3CCOCC3)C1)C(=O)N1CCC[C@H](N1)C(=O)OCC(C)(C)C2. The van der Waals surface area contributed by atoms with Crippen LogP contribution in [0, 0.1) is 29.1 Å². The van der Waals surface area contributed by atoms with Crippen LogP contribution in [0.2, 0.25) is 0 Å². The van der Waals surface area contributed by atoms with Gasteiger partial charge in [-0.05, 0) is 97.9 Å². The molecule has 0 radical (unpaired) electrons. The lowest BCUT2D eigenvalue weighted by molar-refractivity contribution is -0.154. The summed E-state index contributed by atoms with van der Waals surface area (Å²) in [5.41, 5.74) is 10.8. The second-order valence-corrected chi connectivity index (χ2v) is 21.0. The zero-order valence-corrected chi connectivity index (χ0v) is 43.8. The number of cyclic esters (lactones) is 1. The number of esters is 1. The lowest BCUT2D eigenvalue weighted by Gasteiger charge is -2.34. The Morgan fingerprint density at radius 1 is 1.01 bits per heavy atom. The van der Waals surface area contributed by atoms with Crippen molar-refractivity contribution in [2.45, 2.75) is 98.4 Å². The first-order chi connectivity index (χ1) is 35.1. The lowest BCUT2D eigenvalue weighted by Crippen LogP contribution is -2.56. The maximum Gasteiger partial charge on any atom is 0.324 e. The number of likely N-dealkylation sites (tertiary alicyclic amines) is 1. The standard InChI is InChI=1S/C57H72N8O8/c1-9-64-48-20-19-41-32-45(48)46(52(64)44-16-11-22-58-50(44)38(4)71-8)33-57(5,6)36-73-56(70)47-17-12-24-65(60-47)55(69)43(31-39-14-10-15-40(41)30-39)34-59-53(67)51(37(2)3)61(7)54(68)42-21-25-63(35-42)49(66)18-13-23-62-26-28-72-29-27-62/h10-11,14-16,19-20,22,30,32,34,37-38,42,47,51,60H,9,12,17,21,23-29,31,33,35-36H2,1-8H3,(H,59,67)/b43-34+/t38-,42-,47-,51-/m0/s1. The van der Waals surface area contributed by atoms with Gasteiger partial charge in [0.25, 0.3) is 11.8 Å². The number of aromatic nitrogens is 2. The second-order valence-electron chi connectivity index (χ2n) is 21.0. The molecular formula is C57H72N8O8.